The van der Waals surface area contributed by atoms with E-state index in [-0.39, 0.29) is 27.3 Å². The average Bonchev–Trinajstić information content (AvgIpc) is 3.33. The number of hydrogen-bond acceptors (Lipinski definition) is 7. The van der Waals surface area contributed by atoms with Crippen LogP contribution < -0.4 is 14.6 Å². The molecule has 0 saturated carbocycles. The van der Waals surface area contributed by atoms with E-state index in [0.717, 1.165) is 12.1 Å². The van der Waals surface area contributed by atoms with Crippen molar-refractivity contribution in [2.75, 3.05) is 9.44 Å². The lowest BCUT2D eigenvalue weighted by atomic mass is 10.0. The highest BCUT2D eigenvalue weighted by atomic mass is 32.2. The number of carbonyl (C=O) groups is 1. The lowest BCUT2D eigenvalue weighted by Gasteiger charge is -2.13. The van der Waals surface area contributed by atoms with E-state index < -0.39 is 48.9 Å². The van der Waals surface area contributed by atoms with Crippen molar-refractivity contribution in [1.29, 1.82) is 0 Å². The number of aromatic nitrogens is 3. The Morgan fingerprint density at radius 1 is 0.875 bits per heavy atom. The molecule has 5 aromatic rings. The minimum Gasteiger partial charge on any atom is -0.287 e. The molecule has 0 unspecified atom stereocenters. The number of nitrogens with two attached hydrogens (primary N) is 1. The second-order valence-corrected chi connectivity index (χ2v) is 11.4. The van der Waals surface area contributed by atoms with Crippen molar-refractivity contribution in [3.8, 4) is 11.1 Å². The highest BCUT2D eigenvalue weighted by Crippen LogP contribution is 2.29. The summed E-state index contributed by atoms with van der Waals surface area (Å²) in [6, 6.07) is 16.4. The number of nitrogens with one attached hydrogen (secondary N) is 3. The first-order valence-corrected chi connectivity index (χ1v) is 14.3. The number of fused-ring (bicyclic) bond motifs is 1. The SMILES string of the molecule is NS(=O)(=O)c1ccc(-c2cnc3[nH]nc(C(=O)c4c(F)ccc(NS(=O)(=O)Nc5ccccc5)c4F)c3c2)cc1. The number of hydrogen-bond donors (Lipinski definition) is 4. The molecule has 0 radical (unpaired) electrons. The van der Waals surface area contributed by atoms with Crippen LogP contribution in [0.2, 0.25) is 0 Å². The van der Waals surface area contributed by atoms with Crippen LogP contribution in [0.15, 0.2) is 83.9 Å². The molecular weight excluding hydrogens is 566 g/mol. The number of ketones is 1. The van der Waals surface area contributed by atoms with Crippen LogP contribution in [0.3, 0.4) is 0 Å². The molecule has 0 amide bonds. The van der Waals surface area contributed by atoms with Crippen LogP contribution in [0, 0.1) is 11.6 Å². The fraction of sp³-hybridized carbons (Fsp3) is 0. The Morgan fingerprint density at radius 2 is 1.57 bits per heavy atom. The van der Waals surface area contributed by atoms with Crippen LogP contribution in [0.4, 0.5) is 20.2 Å². The van der Waals surface area contributed by atoms with E-state index in [1.807, 2.05) is 4.72 Å². The summed E-state index contributed by atoms with van der Waals surface area (Å²) < 4.78 is 82.4. The van der Waals surface area contributed by atoms with Gasteiger partial charge >= 0.3 is 10.2 Å². The molecule has 40 heavy (non-hydrogen) atoms. The number of primary sulfonamides is 1. The molecule has 0 spiro atoms. The van der Waals surface area contributed by atoms with Gasteiger partial charge in [0.15, 0.2) is 11.5 Å². The predicted molar refractivity (Wildman–Crippen MR) is 143 cm³/mol. The first-order valence-electron chi connectivity index (χ1n) is 11.3. The van der Waals surface area contributed by atoms with Gasteiger partial charge < -0.3 is 0 Å². The first kappa shape index (κ1) is 26.9. The maximum Gasteiger partial charge on any atom is 0.321 e. The van der Waals surface area contributed by atoms with Gasteiger partial charge in [-0.25, -0.2) is 27.3 Å². The molecule has 0 aliphatic heterocycles. The minimum atomic E-state index is -4.35. The Balaban J connectivity index is 1.49. The van der Waals surface area contributed by atoms with E-state index in [1.54, 1.807) is 18.2 Å². The van der Waals surface area contributed by atoms with Crippen molar-refractivity contribution < 1.29 is 30.4 Å². The van der Waals surface area contributed by atoms with E-state index in [9.17, 15) is 26.0 Å². The number of aromatic amines is 1. The Hall–Kier alpha value is -4.73. The highest BCUT2D eigenvalue weighted by molar-refractivity contribution is 7.94. The number of halogens is 2. The van der Waals surface area contributed by atoms with E-state index in [4.69, 9.17) is 5.14 Å². The monoisotopic (exact) mass is 584 g/mol. The summed E-state index contributed by atoms with van der Waals surface area (Å²) in [5.41, 5.74) is -0.777. The second kappa shape index (κ2) is 10.1. The maximum atomic E-state index is 15.4. The number of H-pyrrole nitrogens is 1. The van der Waals surface area contributed by atoms with Crippen molar-refractivity contribution in [1.82, 2.24) is 15.2 Å². The fourth-order valence-corrected chi connectivity index (χ4v) is 5.32. The molecule has 11 nitrogen and oxygen atoms in total. The molecule has 15 heteroatoms. The number of pyridine rings is 1. The van der Waals surface area contributed by atoms with Gasteiger partial charge in [-0.3, -0.25) is 19.3 Å². The van der Waals surface area contributed by atoms with Crippen molar-refractivity contribution in [2.45, 2.75) is 4.90 Å². The standard InChI is InChI=1S/C25H18F2N6O5S2/c26-19-10-11-20(33-40(37,38)32-16-4-2-1-3-5-16)22(27)21(19)24(34)23-18-12-15(13-29-25(18)31-30-23)14-6-8-17(9-7-14)39(28,35)36/h1-13,32-33H,(H2,28,35,36)(H,29,30,31). The Kier molecular flexibility index (Phi) is 6.79. The Morgan fingerprint density at radius 3 is 2.25 bits per heavy atom. The number of carbonyl (C=O) groups excluding carboxylic acids is 1. The number of benzene rings is 3. The van der Waals surface area contributed by atoms with Gasteiger partial charge in [-0.2, -0.15) is 13.5 Å². The molecule has 2 heterocycles. The zero-order valence-electron chi connectivity index (χ0n) is 20.1. The third kappa shape index (κ3) is 5.38. The smallest absolute Gasteiger partial charge is 0.287 e. The normalized spacial score (nSPS) is 11.9. The Bertz CT molecular complexity index is 1980. The number of anilines is 2. The van der Waals surface area contributed by atoms with Crippen LogP contribution in [-0.2, 0) is 20.2 Å². The van der Waals surface area contributed by atoms with Crippen LogP contribution in [0.1, 0.15) is 16.1 Å². The number of para-hydroxylation sites is 1. The van der Waals surface area contributed by atoms with Crippen LogP contribution in [0.25, 0.3) is 22.2 Å². The number of rotatable bonds is 8. The summed E-state index contributed by atoms with van der Waals surface area (Å²) in [5, 5.41) is 11.6. The summed E-state index contributed by atoms with van der Waals surface area (Å²) in [6.45, 7) is 0. The second-order valence-electron chi connectivity index (χ2n) is 8.45. The van der Waals surface area contributed by atoms with Gasteiger partial charge in [0.25, 0.3) is 0 Å². The molecule has 0 aliphatic rings. The molecule has 0 saturated heterocycles. The van der Waals surface area contributed by atoms with Gasteiger partial charge in [-0.1, -0.05) is 30.3 Å². The number of nitrogens with zero attached hydrogens (tertiary/aromatic N) is 2. The zero-order chi connectivity index (χ0) is 28.7. The zero-order valence-corrected chi connectivity index (χ0v) is 21.7. The molecule has 0 atom stereocenters. The molecule has 5 rings (SSSR count). The third-order valence-corrected chi connectivity index (χ3v) is 7.66. The third-order valence-electron chi connectivity index (χ3n) is 5.74. The quantitative estimate of drug-likeness (QED) is 0.202. The average molecular weight is 585 g/mol. The molecule has 3 aromatic carbocycles. The maximum absolute atomic E-state index is 15.4. The molecule has 0 fully saturated rings. The topological polar surface area (TPSA) is 177 Å². The van der Waals surface area contributed by atoms with E-state index in [1.165, 1.54) is 48.7 Å². The molecule has 2 aromatic heterocycles. The van der Waals surface area contributed by atoms with Crippen LogP contribution in [0.5, 0.6) is 0 Å². The van der Waals surface area contributed by atoms with Gasteiger partial charge in [0.2, 0.25) is 15.8 Å². The minimum absolute atomic E-state index is 0.107. The molecule has 0 bridgehead atoms. The van der Waals surface area contributed by atoms with Gasteiger partial charge in [-0.15, -0.1) is 0 Å². The van der Waals surface area contributed by atoms with Crippen molar-refractivity contribution in [3.63, 3.8) is 0 Å². The van der Waals surface area contributed by atoms with Gasteiger partial charge in [0.1, 0.15) is 11.5 Å². The van der Waals surface area contributed by atoms with Crippen molar-refractivity contribution >= 4 is 48.4 Å². The van der Waals surface area contributed by atoms with Crippen LogP contribution in [-0.4, -0.2) is 37.8 Å². The molecule has 0 aliphatic carbocycles. The summed E-state index contributed by atoms with van der Waals surface area (Å²) >= 11 is 0. The molecule has 204 valence electrons. The predicted octanol–water partition coefficient (Wildman–Crippen LogP) is 3.55. The summed E-state index contributed by atoms with van der Waals surface area (Å²) in [6.07, 6.45) is 1.43. The molecular formula is C25H18F2N6O5S2. The van der Waals surface area contributed by atoms with Gasteiger partial charge in [-0.05, 0) is 48.0 Å². The highest BCUT2D eigenvalue weighted by Gasteiger charge is 2.27. The van der Waals surface area contributed by atoms with Crippen molar-refractivity contribution in [3.05, 3.63) is 102 Å². The van der Waals surface area contributed by atoms with E-state index >= 15 is 4.39 Å². The van der Waals surface area contributed by atoms with Crippen LogP contribution >= 0.6 is 0 Å². The summed E-state index contributed by atoms with van der Waals surface area (Å²) in [7, 11) is -8.26. The number of sulfonamides is 1. The largest absolute Gasteiger partial charge is 0.321 e. The van der Waals surface area contributed by atoms with Crippen molar-refractivity contribution in [2.24, 2.45) is 5.14 Å². The van der Waals surface area contributed by atoms with Gasteiger partial charge in [0.05, 0.1) is 27.2 Å². The van der Waals surface area contributed by atoms with E-state index in [2.05, 4.69) is 19.9 Å². The summed E-state index contributed by atoms with van der Waals surface area (Å²) in [5.74, 6) is -3.84. The first-order chi connectivity index (χ1) is 18.9. The molecule has 5 N–H and O–H groups in total. The lowest BCUT2D eigenvalue weighted by Crippen LogP contribution is -2.23. The summed E-state index contributed by atoms with van der Waals surface area (Å²) in [4.78, 5) is 17.4. The lowest BCUT2D eigenvalue weighted by molar-refractivity contribution is 0.102. The van der Waals surface area contributed by atoms with Gasteiger partial charge in [0, 0.05) is 11.8 Å². The Labute approximate surface area is 226 Å². The fourth-order valence-electron chi connectivity index (χ4n) is 3.86. The van der Waals surface area contributed by atoms with E-state index in [0.29, 0.717) is 11.1 Å².